The zero-order chi connectivity index (χ0) is 10.4. The number of halogens is 2. The fourth-order valence-electron chi connectivity index (χ4n) is 1.77. The van der Waals surface area contributed by atoms with Crippen molar-refractivity contribution in [3.05, 3.63) is 44.4 Å². The van der Waals surface area contributed by atoms with Crippen LogP contribution in [0.15, 0.2) is 45.3 Å². The molecule has 0 unspecified atom stereocenters. The first kappa shape index (κ1) is 9.66. The molecule has 1 heterocycles. The van der Waals surface area contributed by atoms with Crippen LogP contribution in [0.4, 0.5) is 0 Å². The van der Waals surface area contributed by atoms with E-state index in [-0.39, 0.29) is 0 Å². The van der Waals surface area contributed by atoms with Gasteiger partial charge in [0.1, 0.15) is 11.2 Å². The lowest BCUT2D eigenvalue weighted by atomic mass is 10.2. The molecule has 0 aliphatic carbocycles. The number of furan rings is 1. The Hall–Kier alpha value is -0.550. The molecule has 2 aromatic carbocycles. The molecule has 3 aromatic rings. The number of rotatable bonds is 0. The third-order valence-corrected chi connectivity index (χ3v) is 3.64. The second-order valence-corrected chi connectivity index (χ2v) is 5.46. The van der Waals surface area contributed by atoms with Gasteiger partial charge in [-0.1, -0.05) is 18.2 Å². The molecule has 3 heteroatoms. The van der Waals surface area contributed by atoms with Crippen molar-refractivity contribution in [2.75, 3.05) is 0 Å². The zero-order valence-corrected chi connectivity index (χ0v) is 11.4. The van der Waals surface area contributed by atoms with Crippen LogP contribution in [0.5, 0.6) is 0 Å². The van der Waals surface area contributed by atoms with Crippen molar-refractivity contribution in [2.24, 2.45) is 0 Å². The van der Waals surface area contributed by atoms with Crippen LogP contribution in [-0.4, -0.2) is 0 Å². The average molecular weight is 373 g/mol. The summed E-state index contributed by atoms with van der Waals surface area (Å²) in [6.45, 7) is 0. The molecule has 0 atom stereocenters. The standard InChI is InChI=1S/C12H6BrIO/c13-9-5-7(14)6-11-12(9)8-3-1-2-4-10(8)15-11/h1-6H. The first-order valence-corrected chi connectivity index (χ1v) is 6.39. The van der Waals surface area contributed by atoms with Crippen molar-refractivity contribution in [3.8, 4) is 0 Å². The van der Waals surface area contributed by atoms with Gasteiger partial charge in [0, 0.05) is 18.8 Å². The first-order chi connectivity index (χ1) is 7.25. The molecule has 0 aliphatic heterocycles. The van der Waals surface area contributed by atoms with E-state index in [1.807, 2.05) is 18.2 Å². The van der Waals surface area contributed by atoms with E-state index in [0.717, 1.165) is 26.4 Å². The fraction of sp³-hybridized carbons (Fsp3) is 0. The van der Waals surface area contributed by atoms with Crippen molar-refractivity contribution >= 4 is 60.5 Å². The molecule has 0 amide bonds. The summed E-state index contributed by atoms with van der Waals surface area (Å²) in [5.74, 6) is 0. The van der Waals surface area contributed by atoms with Gasteiger partial charge < -0.3 is 4.42 Å². The first-order valence-electron chi connectivity index (χ1n) is 4.52. The highest BCUT2D eigenvalue weighted by Gasteiger charge is 2.09. The van der Waals surface area contributed by atoms with Gasteiger partial charge in [0.05, 0.1) is 0 Å². The zero-order valence-electron chi connectivity index (χ0n) is 7.63. The summed E-state index contributed by atoms with van der Waals surface area (Å²) < 4.78 is 8.04. The van der Waals surface area contributed by atoms with E-state index in [9.17, 15) is 0 Å². The third-order valence-electron chi connectivity index (χ3n) is 2.40. The Morgan fingerprint density at radius 1 is 1.07 bits per heavy atom. The van der Waals surface area contributed by atoms with E-state index in [2.05, 4.69) is 56.7 Å². The molecule has 0 fully saturated rings. The summed E-state index contributed by atoms with van der Waals surface area (Å²) in [4.78, 5) is 0. The highest BCUT2D eigenvalue weighted by Crippen LogP contribution is 2.35. The van der Waals surface area contributed by atoms with Crippen LogP contribution < -0.4 is 0 Å². The average Bonchev–Trinajstić information content (AvgIpc) is 2.54. The van der Waals surface area contributed by atoms with Crippen molar-refractivity contribution in [1.29, 1.82) is 0 Å². The third kappa shape index (κ3) is 1.49. The monoisotopic (exact) mass is 372 g/mol. The number of para-hydroxylation sites is 1. The second kappa shape index (κ2) is 3.49. The number of fused-ring (bicyclic) bond motifs is 3. The molecule has 74 valence electrons. The lowest BCUT2D eigenvalue weighted by Crippen LogP contribution is -1.73. The Bertz CT molecular complexity index is 657. The molecule has 0 N–H and O–H groups in total. The van der Waals surface area contributed by atoms with Gasteiger partial charge in [-0.05, 0) is 56.7 Å². The van der Waals surface area contributed by atoms with E-state index in [4.69, 9.17) is 4.42 Å². The van der Waals surface area contributed by atoms with E-state index in [0.29, 0.717) is 0 Å². The molecule has 1 nitrogen and oxygen atoms in total. The van der Waals surface area contributed by atoms with Crippen molar-refractivity contribution in [1.82, 2.24) is 0 Å². The fourth-order valence-corrected chi connectivity index (χ4v) is 3.45. The minimum Gasteiger partial charge on any atom is -0.456 e. The van der Waals surface area contributed by atoms with Crippen molar-refractivity contribution in [2.45, 2.75) is 0 Å². The SMILES string of the molecule is Brc1cc(I)cc2oc3ccccc3c12. The summed E-state index contributed by atoms with van der Waals surface area (Å²) in [6.07, 6.45) is 0. The maximum atomic E-state index is 5.78. The van der Waals surface area contributed by atoms with Crippen LogP contribution in [0.3, 0.4) is 0 Å². The molecule has 1 aromatic heterocycles. The minimum atomic E-state index is 0.940. The van der Waals surface area contributed by atoms with Crippen LogP contribution in [0.1, 0.15) is 0 Å². The lowest BCUT2D eigenvalue weighted by molar-refractivity contribution is 0.668. The van der Waals surface area contributed by atoms with E-state index < -0.39 is 0 Å². The normalized spacial score (nSPS) is 11.3. The number of hydrogen-bond acceptors (Lipinski definition) is 1. The van der Waals surface area contributed by atoms with Crippen molar-refractivity contribution < 1.29 is 4.42 Å². The number of hydrogen-bond donors (Lipinski definition) is 0. The summed E-state index contributed by atoms with van der Waals surface area (Å²) in [7, 11) is 0. The maximum absolute atomic E-state index is 5.78. The molecular formula is C12H6BrIO. The predicted octanol–water partition coefficient (Wildman–Crippen LogP) is 4.95. The molecule has 0 saturated heterocycles. The van der Waals surface area contributed by atoms with Gasteiger partial charge in [-0.15, -0.1) is 0 Å². The van der Waals surface area contributed by atoms with Gasteiger partial charge in [-0.25, -0.2) is 0 Å². The van der Waals surface area contributed by atoms with Crippen LogP contribution in [0, 0.1) is 3.57 Å². The summed E-state index contributed by atoms with van der Waals surface area (Å²) >= 11 is 5.87. The highest BCUT2D eigenvalue weighted by atomic mass is 127. The van der Waals surface area contributed by atoms with Gasteiger partial charge in [-0.2, -0.15) is 0 Å². The molecule has 15 heavy (non-hydrogen) atoms. The smallest absolute Gasteiger partial charge is 0.137 e. The van der Waals surface area contributed by atoms with Gasteiger partial charge in [0.2, 0.25) is 0 Å². The van der Waals surface area contributed by atoms with E-state index >= 15 is 0 Å². The molecule has 0 saturated carbocycles. The van der Waals surface area contributed by atoms with E-state index in [1.165, 1.54) is 3.57 Å². The molecule has 0 aliphatic rings. The van der Waals surface area contributed by atoms with Crippen molar-refractivity contribution in [3.63, 3.8) is 0 Å². The van der Waals surface area contributed by atoms with Gasteiger partial charge in [0.15, 0.2) is 0 Å². The van der Waals surface area contributed by atoms with Gasteiger partial charge in [-0.3, -0.25) is 0 Å². The van der Waals surface area contributed by atoms with Gasteiger partial charge >= 0.3 is 0 Å². The Kier molecular flexibility index (Phi) is 2.25. The summed E-state index contributed by atoms with van der Waals surface area (Å²) in [6, 6.07) is 12.3. The summed E-state index contributed by atoms with van der Waals surface area (Å²) in [5, 5.41) is 2.32. The van der Waals surface area contributed by atoms with Crippen LogP contribution >= 0.6 is 38.5 Å². The molecule has 0 radical (unpaired) electrons. The second-order valence-electron chi connectivity index (χ2n) is 3.36. The Morgan fingerprint density at radius 3 is 2.73 bits per heavy atom. The predicted molar refractivity (Wildman–Crippen MR) is 74.1 cm³/mol. The van der Waals surface area contributed by atoms with E-state index in [1.54, 1.807) is 0 Å². The van der Waals surface area contributed by atoms with Crippen LogP contribution in [0.2, 0.25) is 0 Å². The highest BCUT2D eigenvalue weighted by molar-refractivity contribution is 14.1. The van der Waals surface area contributed by atoms with Crippen LogP contribution in [0.25, 0.3) is 21.9 Å². The maximum Gasteiger partial charge on any atom is 0.137 e. The van der Waals surface area contributed by atoms with Crippen LogP contribution in [-0.2, 0) is 0 Å². The summed E-state index contributed by atoms with van der Waals surface area (Å²) in [5.41, 5.74) is 1.88. The molecule has 0 bridgehead atoms. The topological polar surface area (TPSA) is 13.1 Å². The number of benzene rings is 2. The molecular weight excluding hydrogens is 367 g/mol. The van der Waals surface area contributed by atoms with Gasteiger partial charge in [0.25, 0.3) is 0 Å². The molecule has 3 rings (SSSR count). The molecule has 0 spiro atoms. The quantitative estimate of drug-likeness (QED) is 0.509. The Labute approximate surface area is 109 Å². The largest absolute Gasteiger partial charge is 0.456 e. The minimum absolute atomic E-state index is 0.940. The Morgan fingerprint density at radius 2 is 1.87 bits per heavy atom. The Balaban J connectivity index is 2.61. The lowest BCUT2D eigenvalue weighted by Gasteiger charge is -1.95.